The zero-order chi connectivity index (χ0) is 11.0. The molecular weight excluding hydrogens is 275 g/mol. The highest BCUT2D eigenvalue weighted by Gasteiger charge is 2.05. The second-order valence-corrected chi connectivity index (χ2v) is 4.70. The van der Waals surface area contributed by atoms with Crippen LogP contribution in [0.1, 0.15) is 11.4 Å². The van der Waals surface area contributed by atoms with Gasteiger partial charge in [-0.25, -0.2) is 4.68 Å². The zero-order valence-corrected chi connectivity index (χ0v) is 10.8. The Balaban J connectivity index is 2.54. The third-order valence-electron chi connectivity index (χ3n) is 2.16. The Morgan fingerprint density at radius 1 is 1.27 bits per heavy atom. The lowest BCUT2D eigenvalue weighted by molar-refractivity contribution is 0.833. The largest absolute Gasteiger partial charge is 0.238 e. The van der Waals surface area contributed by atoms with Gasteiger partial charge in [-0.05, 0) is 54.0 Å². The van der Waals surface area contributed by atoms with Crippen LogP contribution in [0.3, 0.4) is 0 Å². The summed E-state index contributed by atoms with van der Waals surface area (Å²) < 4.78 is 2.78. The molecule has 0 bridgehead atoms. The van der Waals surface area contributed by atoms with Crippen molar-refractivity contribution in [2.75, 3.05) is 0 Å². The zero-order valence-electron chi connectivity index (χ0n) is 8.46. The standard InChI is InChI=1S/C11H10BrClN2/c1-7-5-8(2)15(14-7)9-3-4-10(12)11(13)6-9/h3-6H,1-2H3. The first-order valence-corrected chi connectivity index (χ1v) is 5.74. The molecule has 0 amide bonds. The van der Waals surface area contributed by atoms with Gasteiger partial charge in [0.2, 0.25) is 0 Å². The Kier molecular flexibility index (Phi) is 2.85. The minimum absolute atomic E-state index is 0.694. The summed E-state index contributed by atoms with van der Waals surface area (Å²) >= 11 is 9.40. The number of nitrogens with zero attached hydrogens (tertiary/aromatic N) is 2. The molecule has 0 fully saturated rings. The van der Waals surface area contributed by atoms with Crippen LogP contribution in [0, 0.1) is 13.8 Å². The van der Waals surface area contributed by atoms with Crippen molar-refractivity contribution in [2.45, 2.75) is 13.8 Å². The average molecular weight is 286 g/mol. The summed E-state index contributed by atoms with van der Waals surface area (Å²) in [5, 5.41) is 5.09. The Bertz CT molecular complexity index is 505. The molecule has 2 aromatic rings. The van der Waals surface area contributed by atoms with Crippen LogP contribution >= 0.6 is 27.5 Å². The molecule has 1 aromatic carbocycles. The van der Waals surface area contributed by atoms with E-state index in [9.17, 15) is 0 Å². The van der Waals surface area contributed by atoms with E-state index in [2.05, 4.69) is 21.0 Å². The molecule has 1 aromatic heterocycles. The molecule has 0 radical (unpaired) electrons. The lowest BCUT2D eigenvalue weighted by Gasteiger charge is -2.05. The smallest absolute Gasteiger partial charge is 0.0664 e. The molecule has 4 heteroatoms. The van der Waals surface area contributed by atoms with Gasteiger partial charge in [-0.2, -0.15) is 5.10 Å². The van der Waals surface area contributed by atoms with Crippen molar-refractivity contribution in [3.63, 3.8) is 0 Å². The molecule has 0 spiro atoms. The summed E-state index contributed by atoms with van der Waals surface area (Å²) in [6, 6.07) is 7.84. The van der Waals surface area contributed by atoms with Crippen molar-refractivity contribution in [1.82, 2.24) is 9.78 Å². The van der Waals surface area contributed by atoms with E-state index >= 15 is 0 Å². The second-order valence-electron chi connectivity index (χ2n) is 3.44. The SMILES string of the molecule is Cc1cc(C)n(-c2ccc(Br)c(Cl)c2)n1. The molecule has 0 aliphatic heterocycles. The van der Waals surface area contributed by atoms with Crippen LogP contribution < -0.4 is 0 Å². The fraction of sp³-hybridized carbons (Fsp3) is 0.182. The molecule has 0 saturated carbocycles. The highest BCUT2D eigenvalue weighted by molar-refractivity contribution is 9.10. The summed E-state index contributed by atoms with van der Waals surface area (Å²) in [6.07, 6.45) is 0. The Morgan fingerprint density at radius 2 is 2.00 bits per heavy atom. The fourth-order valence-electron chi connectivity index (χ4n) is 1.51. The van der Waals surface area contributed by atoms with Gasteiger partial charge in [0.1, 0.15) is 0 Å². The molecule has 0 saturated heterocycles. The minimum Gasteiger partial charge on any atom is -0.238 e. The highest BCUT2D eigenvalue weighted by atomic mass is 79.9. The van der Waals surface area contributed by atoms with E-state index in [1.165, 1.54) is 0 Å². The van der Waals surface area contributed by atoms with Gasteiger partial charge in [-0.3, -0.25) is 0 Å². The first-order valence-electron chi connectivity index (χ1n) is 4.56. The summed E-state index contributed by atoms with van der Waals surface area (Å²) in [5.41, 5.74) is 3.09. The van der Waals surface area contributed by atoms with E-state index in [1.54, 1.807) is 0 Å². The van der Waals surface area contributed by atoms with E-state index in [0.717, 1.165) is 21.5 Å². The third kappa shape index (κ3) is 2.08. The van der Waals surface area contributed by atoms with Crippen LogP contribution in [0.15, 0.2) is 28.7 Å². The van der Waals surface area contributed by atoms with Gasteiger partial charge < -0.3 is 0 Å². The number of rotatable bonds is 1. The first kappa shape index (κ1) is 10.7. The molecule has 0 aliphatic rings. The summed E-state index contributed by atoms with van der Waals surface area (Å²) in [5.74, 6) is 0. The van der Waals surface area contributed by atoms with Crippen LogP contribution in [0.4, 0.5) is 0 Å². The van der Waals surface area contributed by atoms with Gasteiger partial charge in [-0.15, -0.1) is 0 Å². The molecule has 0 aliphatic carbocycles. The van der Waals surface area contributed by atoms with Crippen LogP contribution in [0.2, 0.25) is 5.02 Å². The maximum atomic E-state index is 6.03. The second kappa shape index (κ2) is 3.99. The van der Waals surface area contributed by atoms with E-state index in [1.807, 2.05) is 42.8 Å². The number of aryl methyl sites for hydroxylation is 2. The highest BCUT2D eigenvalue weighted by Crippen LogP contribution is 2.25. The van der Waals surface area contributed by atoms with Gasteiger partial charge in [-0.1, -0.05) is 11.6 Å². The van der Waals surface area contributed by atoms with Crippen molar-refractivity contribution in [3.8, 4) is 5.69 Å². The van der Waals surface area contributed by atoms with E-state index in [4.69, 9.17) is 11.6 Å². The van der Waals surface area contributed by atoms with Crippen molar-refractivity contribution in [3.05, 3.63) is 45.1 Å². The van der Waals surface area contributed by atoms with E-state index < -0.39 is 0 Å². The molecule has 0 atom stereocenters. The van der Waals surface area contributed by atoms with Gasteiger partial charge in [0, 0.05) is 10.2 Å². The van der Waals surface area contributed by atoms with Crippen LogP contribution in [-0.2, 0) is 0 Å². The van der Waals surface area contributed by atoms with Crippen molar-refractivity contribution >= 4 is 27.5 Å². The number of hydrogen-bond donors (Lipinski definition) is 0. The fourth-order valence-corrected chi connectivity index (χ4v) is 1.93. The van der Waals surface area contributed by atoms with Crippen molar-refractivity contribution < 1.29 is 0 Å². The Labute approximate surface area is 102 Å². The molecule has 0 N–H and O–H groups in total. The quantitative estimate of drug-likeness (QED) is 0.777. The average Bonchev–Trinajstić information content (AvgIpc) is 2.50. The number of halogens is 2. The predicted molar refractivity (Wildman–Crippen MR) is 65.7 cm³/mol. The lowest BCUT2D eigenvalue weighted by Crippen LogP contribution is -1.98. The summed E-state index contributed by atoms with van der Waals surface area (Å²) in [6.45, 7) is 4.00. The molecular formula is C11H10BrClN2. The molecule has 2 nitrogen and oxygen atoms in total. The Morgan fingerprint density at radius 3 is 2.53 bits per heavy atom. The third-order valence-corrected chi connectivity index (χ3v) is 3.39. The molecule has 78 valence electrons. The molecule has 0 unspecified atom stereocenters. The monoisotopic (exact) mass is 284 g/mol. The molecule has 1 heterocycles. The summed E-state index contributed by atoms with van der Waals surface area (Å²) in [7, 11) is 0. The number of benzene rings is 1. The molecule has 2 rings (SSSR count). The number of hydrogen-bond acceptors (Lipinski definition) is 1. The van der Waals surface area contributed by atoms with Crippen molar-refractivity contribution in [1.29, 1.82) is 0 Å². The lowest BCUT2D eigenvalue weighted by atomic mass is 10.3. The maximum absolute atomic E-state index is 6.03. The summed E-state index contributed by atoms with van der Waals surface area (Å²) in [4.78, 5) is 0. The van der Waals surface area contributed by atoms with E-state index in [-0.39, 0.29) is 0 Å². The van der Waals surface area contributed by atoms with Gasteiger partial charge in [0.15, 0.2) is 0 Å². The minimum atomic E-state index is 0.694. The topological polar surface area (TPSA) is 17.8 Å². The maximum Gasteiger partial charge on any atom is 0.0664 e. The van der Waals surface area contributed by atoms with E-state index in [0.29, 0.717) is 5.02 Å². The normalized spacial score (nSPS) is 10.7. The number of aromatic nitrogens is 2. The first-order chi connectivity index (χ1) is 7.08. The predicted octanol–water partition coefficient (Wildman–Crippen LogP) is 3.91. The van der Waals surface area contributed by atoms with Gasteiger partial charge >= 0.3 is 0 Å². The van der Waals surface area contributed by atoms with Gasteiger partial charge in [0.05, 0.1) is 16.4 Å². The van der Waals surface area contributed by atoms with Crippen LogP contribution in [-0.4, -0.2) is 9.78 Å². The van der Waals surface area contributed by atoms with Gasteiger partial charge in [0.25, 0.3) is 0 Å². The molecule has 15 heavy (non-hydrogen) atoms. The van der Waals surface area contributed by atoms with Crippen molar-refractivity contribution in [2.24, 2.45) is 0 Å². The van der Waals surface area contributed by atoms with Crippen LogP contribution in [0.5, 0.6) is 0 Å². The Hall–Kier alpha value is -0.800. The van der Waals surface area contributed by atoms with Crippen LogP contribution in [0.25, 0.3) is 5.69 Å².